The zero-order valence-electron chi connectivity index (χ0n) is 43.2. The Bertz CT molecular complexity index is 2970. The highest BCUT2D eigenvalue weighted by Crippen LogP contribution is 2.54. The monoisotopic (exact) mass is 879 g/mol. The normalized spacial score (nSPS) is 19.1. The zero-order chi connectivity index (χ0) is 46.9. The highest BCUT2D eigenvalue weighted by atomic mass is 32.1. The van der Waals surface area contributed by atoms with Crippen molar-refractivity contribution in [2.24, 2.45) is 0 Å². The van der Waals surface area contributed by atoms with Crippen molar-refractivity contribution in [1.29, 1.82) is 0 Å². The number of hydrogen-bond donors (Lipinski definition) is 0. The van der Waals surface area contributed by atoms with E-state index in [1.807, 2.05) is 11.3 Å². The summed E-state index contributed by atoms with van der Waals surface area (Å²) in [5.74, 6) is 0. The van der Waals surface area contributed by atoms with Crippen molar-refractivity contribution < 1.29 is 0 Å². The second-order valence-electron chi connectivity index (χ2n) is 26.5. The Morgan fingerprint density at radius 3 is 1.51 bits per heavy atom. The molecule has 0 fully saturated rings. The molecule has 0 saturated heterocycles. The van der Waals surface area contributed by atoms with Gasteiger partial charge in [0.2, 0.25) is 0 Å². The summed E-state index contributed by atoms with van der Waals surface area (Å²) in [6.45, 7) is 43.5. The van der Waals surface area contributed by atoms with E-state index in [-0.39, 0.29) is 44.6 Å². The lowest BCUT2D eigenvalue weighted by atomic mass is 9.33. The molecule has 2 aliphatic carbocycles. The van der Waals surface area contributed by atoms with Crippen LogP contribution in [0.2, 0.25) is 0 Å². The van der Waals surface area contributed by atoms with Gasteiger partial charge >= 0.3 is 0 Å². The molecule has 0 amide bonds. The Labute approximate surface area is 397 Å². The van der Waals surface area contributed by atoms with Crippen LogP contribution in [-0.4, -0.2) is 6.71 Å². The first-order valence-electron chi connectivity index (χ1n) is 24.8. The van der Waals surface area contributed by atoms with Crippen molar-refractivity contribution in [1.82, 2.24) is 0 Å². The van der Waals surface area contributed by atoms with Crippen molar-refractivity contribution in [3.05, 3.63) is 123 Å². The molecule has 1 aromatic heterocycles. The third kappa shape index (κ3) is 6.83. The van der Waals surface area contributed by atoms with E-state index >= 15 is 0 Å². The van der Waals surface area contributed by atoms with Gasteiger partial charge in [-0.05, 0) is 185 Å². The van der Waals surface area contributed by atoms with Crippen LogP contribution >= 0.6 is 11.3 Å². The third-order valence-corrected chi connectivity index (χ3v) is 17.9. The minimum absolute atomic E-state index is 0.0119. The second kappa shape index (κ2) is 13.9. The van der Waals surface area contributed by atoms with E-state index < -0.39 is 0 Å². The summed E-state index contributed by atoms with van der Waals surface area (Å²) >= 11 is 2.04. The number of anilines is 6. The lowest BCUT2D eigenvalue weighted by molar-refractivity contribution is 0.332. The zero-order valence-corrected chi connectivity index (χ0v) is 44.0. The van der Waals surface area contributed by atoms with Crippen molar-refractivity contribution in [2.75, 3.05) is 9.80 Å². The number of hydrogen-bond acceptors (Lipinski definition) is 3. The van der Waals surface area contributed by atoms with Crippen LogP contribution in [0.4, 0.5) is 33.4 Å². The predicted molar refractivity (Wildman–Crippen MR) is 287 cm³/mol. The maximum Gasteiger partial charge on any atom is 0.254 e. The number of nitrogens with zero attached hydrogens (tertiary/aromatic N) is 2. The summed E-state index contributed by atoms with van der Waals surface area (Å²) in [6.07, 6.45) is 4.80. The van der Waals surface area contributed by atoms with Crippen LogP contribution in [0, 0.1) is 6.92 Å². The molecule has 2 nitrogen and oxygen atoms in total. The first-order chi connectivity index (χ1) is 30.0. The quantitative estimate of drug-likeness (QED) is 0.160. The first-order valence-corrected chi connectivity index (χ1v) is 25.6. The Morgan fingerprint density at radius 2 is 0.954 bits per heavy atom. The first kappa shape index (κ1) is 44.6. The van der Waals surface area contributed by atoms with Crippen LogP contribution in [0.1, 0.15) is 188 Å². The van der Waals surface area contributed by atoms with Gasteiger partial charge in [-0.3, -0.25) is 0 Å². The molecule has 0 saturated carbocycles. The van der Waals surface area contributed by atoms with Crippen LogP contribution in [0.3, 0.4) is 0 Å². The number of benzene rings is 5. The van der Waals surface area contributed by atoms with E-state index in [0.29, 0.717) is 0 Å². The summed E-state index contributed by atoms with van der Waals surface area (Å²) in [5, 5.41) is 2.82. The van der Waals surface area contributed by atoms with Gasteiger partial charge in [-0.25, -0.2) is 0 Å². The van der Waals surface area contributed by atoms with Gasteiger partial charge in [-0.1, -0.05) is 148 Å². The summed E-state index contributed by atoms with van der Waals surface area (Å²) < 4.78 is 1.42. The van der Waals surface area contributed by atoms with E-state index in [4.69, 9.17) is 0 Å². The van der Waals surface area contributed by atoms with E-state index in [9.17, 15) is 0 Å². The van der Waals surface area contributed by atoms with Gasteiger partial charge in [0, 0.05) is 33.1 Å². The van der Waals surface area contributed by atoms with Gasteiger partial charge in [0.15, 0.2) is 0 Å². The van der Waals surface area contributed by atoms with E-state index in [0.717, 1.165) is 0 Å². The summed E-state index contributed by atoms with van der Waals surface area (Å²) in [5.41, 5.74) is 22.7. The smallest absolute Gasteiger partial charge is 0.254 e. The minimum Gasteiger partial charge on any atom is -0.311 e. The molecule has 6 aromatic rings. The molecule has 0 unspecified atom stereocenters. The van der Waals surface area contributed by atoms with Crippen LogP contribution < -0.4 is 26.2 Å². The number of fused-ring (bicyclic) bond motifs is 8. The predicted octanol–water partition coefficient (Wildman–Crippen LogP) is 15.9. The number of aryl methyl sites for hydroxylation is 1. The summed E-state index contributed by atoms with van der Waals surface area (Å²) in [4.78, 5) is 5.40. The molecule has 0 atom stereocenters. The van der Waals surface area contributed by atoms with Gasteiger partial charge in [-0.2, -0.15) is 0 Å². The molecule has 65 heavy (non-hydrogen) atoms. The van der Waals surface area contributed by atoms with Crippen molar-refractivity contribution in [3.63, 3.8) is 0 Å². The maximum atomic E-state index is 2.74. The molecule has 338 valence electrons. The molecule has 5 aromatic carbocycles. The molecule has 0 spiro atoms. The van der Waals surface area contributed by atoms with Crippen molar-refractivity contribution in [2.45, 2.75) is 188 Å². The van der Waals surface area contributed by atoms with E-state index in [1.54, 1.807) is 0 Å². The lowest BCUT2D eigenvalue weighted by Crippen LogP contribution is -2.61. The summed E-state index contributed by atoms with van der Waals surface area (Å²) in [6, 6.07) is 32.8. The average molecular weight is 879 g/mol. The molecule has 4 heteroatoms. The Morgan fingerprint density at radius 1 is 0.462 bits per heavy atom. The molecule has 2 aliphatic heterocycles. The largest absolute Gasteiger partial charge is 0.311 e. The Kier molecular flexibility index (Phi) is 9.53. The fourth-order valence-corrected chi connectivity index (χ4v) is 13.4. The van der Waals surface area contributed by atoms with Crippen LogP contribution in [0.25, 0.3) is 10.1 Å². The molecule has 3 heterocycles. The van der Waals surface area contributed by atoms with Gasteiger partial charge in [0.25, 0.3) is 6.71 Å². The highest BCUT2D eigenvalue weighted by molar-refractivity contribution is 7.26. The minimum atomic E-state index is -0.0849. The lowest BCUT2D eigenvalue weighted by Gasteiger charge is -2.46. The molecule has 10 rings (SSSR count). The van der Waals surface area contributed by atoms with Crippen molar-refractivity contribution in [3.8, 4) is 0 Å². The van der Waals surface area contributed by atoms with E-state index in [2.05, 4.69) is 213 Å². The fourth-order valence-electron chi connectivity index (χ4n) is 12.1. The molecular weight excluding hydrogens is 804 g/mol. The van der Waals surface area contributed by atoms with E-state index in [1.165, 1.54) is 130 Å². The number of thiophene rings is 1. The van der Waals surface area contributed by atoms with Crippen LogP contribution in [-0.2, 0) is 37.9 Å². The van der Waals surface area contributed by atoms with Crippen LogP contribution in [0.5, 0.6) is 0 Å². The van der Waals surface area contributed by atoms with Crippen molar-refractivity contribution >= 4 is 78.0 Å². The maximum absolute atomic E-state index is 2.74. The third-order valence-electron chi connectivity index (χ3n) is 16.8. The highest BCUT2D eigenvalue weighted by Gasteiger charge is 2.48. The van der Waals surface area contributed by atoms with Gasteiger partial charge in [0.1, 0.15) is 0 Å². The molecule has 0 bridgehead atoms. The summed E-state index contributed by atoms with van der Waals surface area (Å²) in [7, 11) is 0. The standard InChI is InChI=1S/C61H75BN2S/c1-36-29-37(55(2,3)4)19-23-47(36)64-48-24-20-38(56(5,6)7)30-46(48)62-52-41-34-44-45(61(17,18)28-27-60(44,15)16)35-51(41)65-54(52)63(49-31-39(57(8,9)10)32-50(64)53(49)62)40-21-22-42-43(33-40)59(13,14)26-25-58(42,11)12/h19-24,29-35H,25-28H2,1-18H3. The Balaban J connectivity index is 1.37. The Hall–Kier alpha value is -4.28. The fraction of sp³-hybridized carbons (Fsp3) is 0.475. The SMILES string of the molecule is Cc1cc(C(C)(C)C)ccc1N1c2ccc(C(C)(C)C)cc2B2c3c1cc(C(C)(C)C)cc3N(c1ccc3c(c1)C(C)(C)CCC3(C)C)c1sc3cc4c(cc3c12)C(C)(C)CCC4(C)C. The van der Waals surface area contributed by atoms with Gasteiger partial charge < -0.3 is 9.80 Å². The second-order valence-corrected chi connectivity index (χ2v) is 27.6. The topological polar surface area (TPSA) is 6.48 Å². The molecule has 4 aliphatic rings. The molecular formula is C61H75BN2S. The number of rotatable bonds is 2. The van der Waals surface area contributed by atoms with Crippen LogP contribution in [0.15, 0.2) is 78.9 Å². The average Bonchev–Trinajstić information content (AvgIpc) is 3.58. The molecule has 0 N–H and O–H groups in total. The molecule has 0 radical (unpaired) electrons. The van der Waals surface area contributed by atoms with Gasteiger partial charge in [-0.15, -0.1) is 11.3 Å². The van der Waals surface area contributed by atoms with Gasteiger partial charge in [0.05, 0.1) is 5.00 Å².